The van der Waals surface area contributed by atoms with E-state index >= 15 is 0 Å². The molecule has 1 atom stereocenters. The van der Waals surface area contributed by atoms with E-state index in [-0.39, 0.29) is 27.1 Å². The van der Waals surface area contributed by atoms with Gasteiger partial charge >= 0.3 is 0 Å². The highest BCUT2D eigenvalue weighted by atomic mass is 35.5. The normalized spacial score (nSPS) is 17.5. The molecule has 1 saturated heterocycles. The average molecular weight is 468 g/mol. The van der Waals surface area contributed by atoms with E-state index in [1.165, 1.54) is 30.3 Å². The van der Waals surface area contributed by atoms with Crippen molar-refractivity contribution in [3.8, 4) is 0 Å². The molecule has 1 aliphatic heterocycles. The molecule has 2 aromatic rings. The summed E-state index contributed by atoms with van der Waals surface area (Å²) in [6, 6.07) is 9.52. The third-order valence-electron chi connectivity index (χ3n) is 5.41. The molecule has 168 valence electrons. The number of hydrogen-bond acceptors (Lipinski definition) is 4. The number of carbonyl (C=O) groups excluding carboxylic acids is 1. The third-order valence-corrected chi connectivity index (χ3v) is 7.27. The van der Waals surface area contributed by atoms with Crippen molar-refractivity contribution in [1.29, 1.82) is 0 Å². The third kappa shape index (κ3) is 6.18. The van der Waals surface area contributed by atoms with Gasteiger partial charge in [-0.3, -0.25) is 9.52 Å². The van der Waals surface area contributed by atoms with E-state index < -0.39 is 15.8 Å². The summed E-state index contributed by atoms with van der Waals surface area (Å²) in [7, 11) is -4.06. The van der Waals surface area contributed by atoms with Crippen molar-refractivity contribution in [3.05, 3.63) is 58.9 Å². The molecule has 0 aromatic heterocycles. The Balaban J connectivity index is 1.69. The number of rotatable bonds is 7. The molecule has 0 saturated carbocycles. The van der Waals surface area contributed by atoms with Crippen LogP contribution in [-0.2, 0) is 10.0 Å². The predicted molar refractivity (Wildman–Crippen MR) is 120 cm³/mol. The van der Waals surface area contributed by atoms with Crippen molar-refractivity contribution in [2.24, 2.45) is 5.92 Å². The zero-order valence-corrected chi connectivity index (χ0v) is 19.1. The first-order valence-electron chi connectivity index (χ1n) is 10.3. The fourth-order valence-corrected chi connectivity index (χ4v) is 5.24. The second-order valence-corrected chi connectivity index (χ2v) is 10.1. The SMILES string of the molecule is CC(C)N1CCCC(CNC(=O)c2ccc(Cl)c(S(=O)(=O)Nc3ccc(F)cc3)c2)C1. The number of sulfonamides is 1. The Morgan fingerprint density at radius 3 is 2.61 bits per heavy atom. The van der Waals surface area contributed by atoms with E-state index in [4.69, 9.17) is 11.6 Å². The monoisotopic (exact) mass is 467 g/mol. The highest BCUT2D eigenvalue weighted by Crippen LogP contribution is 2.25. The van der Waals surface area contributed by atoms with Crippen LogP contribution in [0.3, 0.4) is 0 Å². The summed E-state index contributed by atoms with van der Waals surface area (Å²) in [5, 5.41) is 2.91. The zero-order valence-electron chi connectivity index (χ0n) is 17.6. The van der Waals surface area contributed by atoms with Crippen LogP contribution in [0.1, 0.15) is 37.0 Å². The van der Waals surface area contributed by atoms with Gasteiger partial charge in [0.2, 0.25) is 0 Å². The lowest BCUT2D eigenvalue weighted by molar-refractivity contribution is 0.0922. The fraction of sp³-hybridized carbons (Fsp3) is 0.409. The van der Waals surface area contributed by atoms with Crippen molar-refractivity contribution in [3.63, 3.8) is 0 Å². The summed E-state index contributed by atoms with van der Waals surface area (Å²) in [6.07, 6.45) is 2.14. The minimum Gasteiger partial charge on any atom is -0.352 e. The van der Waals surface area contributed by atoms with Gasteiger partial charge in [-0.05, 0) is 81.6 Å². The molecule has 1 heterocycles. The first kappa shape index (κ1) is 23.5. The minimum absolute atomic E-state index is 0.00832. The van der Waals surface area contributed by atoms with Crippen LogP contribution >= 0.6 is 11.6 Å². The molecular weight excluding hydrogens is 441 g/mol. The van der Waals surface area contributed by atoms with Gasteiger partial charge in [-0.1, -0.05) is 11.6 Å². The van der Waals surface area contributed by atoms with Crippen LogP contribution in [0.4, 0.5) is 10.1 Å². The predicted octanol–water partition coefficient (Wildman–Crippen LogP) is 4.13. The van der Waals surface area contributed by atoms with Gasteiger partial charge in [-0.15, -0.1) is 0 Å². The Bertz CT molecular complexity index is 1030. The van der Waals surface area contributed by atoms with Crippen molar-refractivity contribution in [2.45, 2.75) is 37.6 Å². The molecule has 9 heteroatoms. The number of carbonyl (C=O) groups is 1. The summed E-state index contributed by atoms with van der Waals surface area (Å²) in [4.78, 5) is 14.8. The van der Waals surface area contributed by atoms with Crippen LogP contribution in [0.2, 0.25) is 5.02 Å². The molecule has 0 aliphatic carbocycles. The summed E-state index contributed by atoms with van der Waals surface area (Å²) in [5.41, 5.74) is 0.403. The molecule has 31 heavy (non-hydrogen) atoms. The maximum Gasteiger partial charge on any atom is 0.263 e. The van der Waals surface area contributed by atoms with E-state index in [1.807, 2.05) is 0 Å². The van der Waals surface area contributed by atoms with Crippen LogP contribution in [0, 0.1) is 11.7 Å². The number of hydrogen-bond donors (Lipinski definition) is 2. The molecule has 6 nitrogen and oxygen atoms in total. The lowest BCUT2D eigenvalue weighted by Gasteiger charge is -2.35. The summed E-state index contributed by atoms with van der Waals surface area (Å²) >= 11 is 6.10. The molecule has 1 amide bonds. The maximum atomic E-state index is 13.1. The van der Waals surface area contributed by atoms with Crippen molar-refractivity contribution in [1.82, 2.24) is 10.2 Å². The van der Waals surface area contributed by atoms with Gasteiger partial charge in [0.25, 0.3) is 15.9 Å². The number of piperidine rings is 1. The van der Waals surface area contributed by atoms with E-state index in [0.29, 0.717) is 18.5 Å². The largest absolute Gasteiger partial charge is 0.352 e. The molecule has 1 fully saturated rings. The Kier molecular flexibility index (Phi) is 7.56. The molecular formula is C22H27ClFN3O3S. The molecule has 1 aliphatic rings. The van der Waals surface area contributed by atoms with Crippen LogP contribution in [0.25, 0.3) is 0 Å². The number of nitrogens with one attached hydrogen (secondary N) is 2. The fourth-order valence-electron chi connectivity index (χ4n) is 3.65. The maximum absolute atomic E-state index is 13.1. The molecule has 0 radical (unpaired) electrons. The topological polar surface area (TPSA) is 78.5 Å². The Labute approximate surface area is 187 Å². The quantitative estimate of drug-likeness (QED) is 0.641. The highest BCUT2D eigenvalue weighted by molar-refractivity contribution is 7.92. The molecule has 2 aromatic carbocycles. The van der Waals surface area contributed by atoms with Gasteiger partial charge in [0.05, 0.1) is 5.02 Å². The standard InChI is InChI=1S/C22H27ClFN3O3S/c1-15(2)27-11-3-4-16(14-27)13-25-22(28)17-5-10-20(23)21(12-17)31(29,30)26-19-8-6-18(24)7-9-19/h5-10,12,15-16,26H,3-4,11,13-14H2,1-2H3,(H,25,28). The Morgan fingerprint density at radius 1 is 1.23 bits per heavy atom. The lowest BCUT2D eigenvalue weighted by atomic mass is 9.97. The van der Waals surface area contributed by atoms with Crippen molar-refractivity contribution < 1.29 is 17.6 Å². The van der Waals surface area contributed by atoms with Gasteiger partial charge in [0.15, 0.2) is 0 Å². The molecule has 0 bridgehead atoms. The smallest absolute Gasteiger partial charge is 0.263 e. The van der Waals surface area contributed by atoms with Gasteiger partial charge in [0, 0.05) is 30.4 Å². The van der Waals surface area contributed by atoms with E-state index in [0.717, 1.165) is 38.1 Å². The summed E-state index contributed by atoms with van der Waals surface area (Å²) in [5.74, 6) is -0.471. The molecule has 2 N–H and O–H groups in total. The van der Waals surface area contributed by atoms with Crippen LogP contribution in [0.15, 0.2) is 47.4 Å². The van der Waals surface area contributed by atoms with Gasteiger partial charge in [0.1, 0.15) is 10.7 Å². The lowest BCUT2D eigenvalue weighted by Crippen LogP contribution is -2.43. The first-order chi connectivity index (χ1) is 14.7. The Morgan fingerprint density at radius 2 is 1.94 bits per heavy atom. The van der Waals surface area contributed by atoms with Crippen molar-refractivity contribution >= 4 is 33.2 Å². The van der Waals surface area contributed by atoms with E-state index in [9.17, 15) is 17.6 Å². The average Bonchev–Trinajstić information content (AvgIpc) is 2.74. The molecule has 1 unspecified atom stereocenters. The number of likely N-dealkylation sites (tertiary alicyclic amines) is 1. The van der Waals surface area contributed by atoms with Crippen molar-refractivity contribution in [2.75, 3.05) is 24.4 Å². The van der Waals surface area contributed by atoms with E-state index in [1.54, 1.807) is 0 Å². The molecule has 0 spiro atoms. The highest BCUT2D eigenvalue weighted by Gasteiger charge is 2.23. The number of halogens is 2. The zero-order chi connectivity index (χ0) is 22.6. The number of anilines is 1. The van der Waals surface area contributed by atoms with Gasteiger partial charge in [-0.25, -0.2) is 12.8 Å². The number of amides is 1. The van der Waals surface area contributed by atoms with Crippen LogP contribution in [-0.4, -0.2) is 44.9 Å². The summed E-state index contributed by atoms with van der Waals surface area (Å²) in [6.45, 7) is 6.86. The van der Waals surface area contributed by atoms with E-state index in [2.05, 4.69) is 28.8 Å². The Hall–Kier alpha value is -2.16. The minimum atomic E-state index is -4.06. The summed E-state index contributed by atoms with van der Waals surface area (Å²) < 4.78 is 40.9. The first-order valence-corrected chi connectivity index (χ1v) is 12.1. The van der Waals surface area contributed by atoms with Gasteiger partial charge < -0.3 is 10.2 Å². The van der Waals surface area contributed by atoms with Crippen LogP contribution in [0.5, 0.6) is 0 Å². The second-order valence-electron chi connectivity index (χ2n) is 8.06. The number of benzene rings is 2. The van der Waals surface area contributed by atoms with Crippen LogP contribution < -0.4 is 10.0 Å². The second kappa shape index (κ2) is 9.97. The molecule has 3 rings (SSSR count). The van der Waals surface area contributed by atoms with Gasteiger partial charge in [-0.2, -0.15) is 0 Å². The number of nitrogens with zero attached hydrogens (tertiary/aromatic N) is 1.